The number of anilines is 2. The highest BCUT2D eigenvalue weighted by Gasteiger charge is 2.24. The molecule has 1 fully saturated rings. The molecule has 0 radical (unpaired) electrons. The summed E-state index contributed by atoms with van der Waals surface area (Å²) in [5.41, 5.74) is 2.47. The van der Waals surface area contributed by atoms with Crippen molar-refractivity contribution in [2.45, 2.75) is 58.9 Å². The fraction of sp³-hybridized carbons (Fsp3) is 0.440. The van der Waals surface area contributed by atoms with E-state index in [2.05, 4.69) is 5.32 Å². The van der Waals surface area contributed by atoms with Gasteiger partial charge in [-0.15, -0.1) is 0 Å². The number of carbonyl (C=O) groups excluding carboxylic acids is 1. The Morgan fingerprint density at radius 3 is 2.30 bits per heavy atom. The first-order valence-corrected chi connectivity index (χ1v) is 11.5. The number of nitrogens with zero attached hydrogens (tertiary/aromatic N) is 3. The van der Waals surface area contributed by atoms with Crippen LogP contribution in [0.3, 0.4) is 0 Å². The van der Waals surface area contributed by atoms with Crippen molar-refractivity contribution in [2.24, 2.45) is 0 Å². The van der Waals surface area contributed by atoms with E-state index >= 15 is 0 Å². The molecule has 1 aliphatic heterocycles. The number of fused-ring (bicyclic) bond motifs is 1. The van der Waals surface area contributed by atoms with Crippen molar-refractivity contribution < 1.29 is 13.9 Å². The second-order valence-electron chi connectivity index (χ2n) is 8.70. The van der Waals surface area contributed by atoms with E-state index < -0.39 is 0 Å². The molecule has 2 aromatic carbocycles. The Bertz CT molecular complexity index is 1190. The molecule has 2 unspecified atom stereocenters. The van der Waals surface area contributed by atoms with Crippen LogP contribution in [0.2, 0.25) is 0 Å². The van der Waals surface area contributed by atoms with Crippen LogP contribution < -0.4 is 15.9 Å². The van der Waals surface area contributed by atoms with Crippen molar-refractivity contribution >= 4 is 28.3 Å². The number of para-hydroxylation sites is 2. The number of imidazole rings is 1. The molecule has 1 aromatic heterocycles. The van der Waals surface area contributed by atoms with E-state index in [1.54, 1.807) is 21.3 Å². The molecule has 2 atom stereocenters. The standard InChI is InChI=1S/C25H31FN4O3/c1-4-12-29-22-7-5-6-8-23(22)30(25(29)32)13-11-24(31)27-19-9-10-21(20(26)14-19)28-15-17(2)33-18(3)16-28/h5-10,14,17-18H,4,11-13,15-16H2,1-3H3,(H,27,31). The predicted molar refractivity (Wildman–Crippen MR) is 128 cm³/mol. The molecule has 1 amide bonds. The van der Waals surface area contributed by atoms with Crippen LogP contribution in [0.4, 0.5) is 15.8 Å². The molecule has 0 spiro atoms. The maximum atomic E-state index is 14.8. The Kier molecular flexibility index (Phi) is 6.83. The third kappa shape index (κ3) is 4.95. The Labute approximate surface area is 192 Å². The summed E-state index contributed by atoms with van der Waals surface area (Å²) >= 11 is 0. The van der Waals surface area contributed by atoms with Crippen molar-refractivity contribution in [1.82, 2.24) is 9.13 Å². The summed E-state index contributed by atoms with van der Waals surface area (Å²) in [7, 11) is 0. The van der Waals surface area contributed by atoms with Gasteiger partial charge in [0.1, 0.15) is 5.82 Å². The van der Waals surface area contributed by atoms with Gasteiger partial charge in [0.15, 0.2) is 0 Å². The van der Waals surface area contributed by atoms with Crippen molar-refractivity contribution in [1.29, 1.82) is 0 Å². The summed E-state index contributed by atoms with van der Waals surface area (Å²) < 4.78 is 23.9. The van der Waals surface area contributed by atoms with Gasteiger partial charge >= 0.3 is 5.69 Å². The van der Waals surface area contributed by atoms with Crippen LogP contribution in [0.5, 0.6) is 0 Å². The maximum Gasteiger partial charge on any atom is 0.329 e. The Morgan fingerprint density at radius 2 is 1.70 bits per heavy atom. The smallest absolute Gasteiger partial charge is 0.329 e. The number of nitrogens with one attached hydrogen (secondary N) is 1. The topological polar surface area (TPSA) is 68.5 Å². The first-order chi connectivity index (χ1) is 15.9. The molecule has 8 heteroatoms. The summed E-state index contributed by atoms with van der Waals surface area (Å²) in [5, 5.41) is 2.76. The molecule has 0 saturated carbocycles. The Morgan fingerprint density at radius 1 is 1.06 bits per heavy atom. The lowest BCUT2D eigenvalue weighted by Crippen LogP contribution is -2.45. The van der Waals surface area contributed by atoms with Crippen molar-refractivity contribution in [3.8, 4) is 0 Å². The van der Waals surface area contributed by atoms with Gasteiger partial charge in [0.25, 0.3) is 0 Å². The van der Waals surface area contributed by atoms with Gasteiger partial charge in [-0.25, -0.2) is 9.18 Å². The van der Waals surface area contributed by atoms with Gasteiger partial charge in [-0.1, -0.05) is 19.1 Å². The third-order valence-electron chi connectivity index (χ3n) is 5.93. The Balaban J connectivity index is 1.43. The fourth-order valence-electron chi connectivity index (χ4n) is 4.58. The van der Waals surface area contributed by atoms with Gasteiger partial charge in [-0.05, 0) is 50.6 Å². The quantitative estimate of drug-likeness (QED) is 0.586. The number of benzene rings is 2. The highest BCUT2D eigenvalue weighted by molar-refractivity contribution is 5.91. The highest BCUT2D eigenvalue weighted by Crippen LogP contribution is 2.26. The molecular weight excluding hydrogens is 423 g/mol. The number of rotatable bonds is 7. The van der Waals surface area contributed by atoms with Crippen molar-refractivity contribution in [3.05, 3.63) is 58.8 Å². The lowest BCUT2D eigenvalue weighted by atomic mass is 10.2. The SMILES string of the molecule is CCCn1c(=O)n(CCC(=O)Nc2ccc(N3CC(C)OC(C)C3)c(F)c2)c2ccccc21. The maximum absolute atomic E-state index is 14.8. The minimum absolute atomic E-state index is 0.0270. The van der Waals surface area contributed by atoms with E-state index in [9.17, 15) is 14.0 Å². The highest BCUT2D eigenvalue weighted by atomic mass is 19.1. The Hall–Kier alpha value is -3.13. The van der Waals surface area contributed by atoms with E-state index in [0.717, 1.165) is 17.5 Å². The third-order valence-corrected chi connectivity index (χ3v) is 5.93. The number of aromatic nitrogens is 2. The van der Waals surface area contributed by atoms with Crippen LogP contribution in [-0.4, -0.2) is 40.3 Å². The lowest BCUT2D eigenvalue weighted by Gasteiger charge is -2.37. The van der Waals surface area contributed by atoms with Gasteiger partial charge in [-0.2, -0.15) is 0 Å². The average molecular weight is 455 g/mol. The predicted octanol–water partition coefficient (Wildman–Crippen LogP) is 3.99. The molecule has 1 N–H and O–H groups in total. The molecule has 4 rings (SSSR count). The van der Waals surface area contributed by atoms with Crippen LogP contribution in [-0.2, 0) is 22.6 Å². The van der Waals surface area contributed by atoms with Gasteiger partial charge in [0.05, 0.1) is 28.9 Å². The average Bonchev–Trinajstić information content (AvgIpc) is 3.03. The van der Waals surface area contributed by atoms with E-state index in [4.69, 9.17) is 4.74 Å². The van der Waals surface area contributed by atoms with E-state index in [-0.39, 0.29) is 42.6 Å². The molecular formula is C25H31FN4O3. The number of morpholine rings is 1. The summed E-state index contributed by atoms with van der Waals surface area (Å²) in [6.07, 6.45) is 1.01. The summed E-state index contributed by atoms with van der Waals surface area (Å²) in [6.45, 7) is 8.09. The molecule has 7 nitrogen and oxygen atoms in total. The zero-order valence-electron chi connectivity index (χ0n) is 19.4. The molecule has 33 heavy (non-hydrogen) atoms. The molecule has 1 saturated heterocycles. The van der Waals surface area contributed by atoms with Crippen molar-refractivity contribution in [2.75, 3.05) is 23.3 Å². The first-order valence-electron chi connectivity index (χ1n) is 11.5. The number of hydrogen-bond donors (Lipinski definition) is 1. The zero-order valence-corrected chi connectivity index (χ0v) is 19.4. The fourth-order valence-corrected chi connectivity index (χ4v) is 4.58. The molecule has 1 aliphatic rings. The van der Waals surface area contributed by atoms with Crippen LogP contribution in [0.1, 0.15) is 33.6 Å². The number of aryl methyl sites for hydroxylation is 2. The van der Waals surface area contributed by atoms with Crippen LogP contribution in [0, 0.1) is 5.82 Å². The minimum Gasteiger partial charge on any atom is -0.372 e. The number of carbonyl (C=O) groups is 1. The summed E-state index contributed by atoms with van der Waals surface area (Å²) in [4.78, 5) is 27.4. The summed E-state index contributed by atoms with van der Waals surface area (Å²) in [6, 6.07) is 12.3. The summed E-state index contributed by atoms with van der Waals surface area (Å²) in [5.74, 6) is -0.650. The second kappa shape index (κ2) is 9.79. The molecule has 0 aliphatic carbocycles. The van der Waals surface area contributed by atoms with Crippen molar-refractivity contribution in [3.63, 3.8) is 0 Å². The van der Waals surface area contributed by atoms with Crippen LogP contribution in [0.15, 0.2) is 47.3 Å². The molecule has 176 valence electrons. The minimum atomic E-state index is -0.382. The van der Waals surface area contributed by atoms with Gasteiger partial charge in [0.2, 0.25) is 5.91 Å². The molecule has 0 bridgehead atoms. The second-order valence-corrected chi connectivity index (χ2v) is 8.70. The molecule has 2 heterocycles. The first kappa shape index (κ1) is 23.0. The number of hydrogen-bond acceptors (Lipinski definition) is 4. The largest absolute Gasteiger partial charge is 0.372 e. The normalized spacial score (nSPS) is 18.6. The monoisotopic (exact) mass is 454 g/mol. The number of amides is 1. The lowest BCUT2D eigenvalue weighted by molar-refractivity contribution is -0.116. The van der Waals surface area contributed by atoms with Crippen LogP contribution in [0.25, 0.3) is 11.0 Å². The van der Waals surface area contributed by atoms with Crippen LogP contribution >= 0.6 is 0 Å². The molecule has 3 aromatic rings. The zero-order chi connectivity index (χ0) is 23.5. The van der Waals surface area contributed by atoms with Gasteiger partial charge in [0, 0.05) is 38.3 Å². The van der Waals surface area contributed by atoms with E-state index in [1.165, 1.54) is 6.07 Å². The van der Waals surface area contributed by atoms with Gasteiger partial charge in [-0.3, -0.25) is 13.9 Å². The van der Waals surface area contributed by atoms with E-state index in [1.807, 2.05) is 49.9 Å². The van der Waals surface area contributed by atoms with E-state index in [0.29, 0.717) is 31.0 Å². The number of halogens is 1. The number of ether oxygens (including phenoxy) is 1. The van der Waals surface area contributed by atoms with Gasteiger partial charge < -0.3 is 15.0 Å².